The van der Waals surface area contributed by atoms with Crippen molar-refractivity contribution in [1.29, 1.82) is 0 Å². The fourth-order valence-corrected chi connectivity index (χ4v) is 3.72. The van der Waals surface area contributed by atoms with Crippen molar-refractivity contribution in [3.05, 3.63) is 51.0 Å². The number of nitrogens with zero attached hydrogens (tertiary/aromatic N) is 1. The SMILES string of the molecule is COc1c(Cl)cc(C(=O)Nc2ccc(N3CCCC3=O)c(Cl)c2)cc1Cl. The molecule has 0 unspecified atom stereocenters. The topological polar surface area (TPSA) is 58.6 Å². The molecular weight excluding hydrogens is 399 g/mol. The first-order valence-corrected chi connectivity index (χ1v) is 8.98. The fraction of sp³-hybridized carbons (Fsp3) is 0.222. The van der Waals surface area contributed by atoms with Crippen molar-refractivity contribution in [2.45, 2.75) is 12.8 Å². The molecule has 2 aromatic rings. The van der Waals surface area contributed by atoms with E-state index in [0.717, 1.165) is 6.42 Å². The summed E-state index contributed by atoms with van der Waals surface area (Å²) in [6, 6.07) is 7.96. The molecule has 2 amide bonds. The van der Waals surface area contributed by atoms with Gasteiger partial charge in [0.05, 0.1) is 27.9 Å². The first-order valence-electron chi connectivity index (χ1n) is 7.85. The zero-order valence-electron chi connectivity index (χ0n) is 13.8. The van der Waals surface area contributed by atoms with Crippen molar-refractivity contribution in [2.75, 3.05) is 23.9 Å². The lowest BCUT2D eigenvalue weighted by Crippen LogP contribution is -2.24. The molecule has 3 rings (SSSR count). The number of anilines is 2. The molecule has 5 nitrogen and oxygen atoms in total. The molecule has 1 N–H and O–H groups in total. The first kappa shape index (κ1) is 18.8. The number of hydrogen-bond donors (Lipinski definition) is 1. The van der Waals surface area contributed by atoms with Crippen LogP contribution in [0.2, 0.25) is 15.1 Å². The molecule has 0 bridgehead atoms. The summed E-state index contributed by atoms with van der Waals surface area (Å²) in [6.45, 7) is 0.646. The Hall–Kier alpha value is -1.95. The van der Waals surface area contributed by atoms with Crippen LogP contribution in [0.1, 0.15) is 23.2 Å². The summed E-state index contributed by atoms with van der Waals surface area (Å²) in [5, 5.41) is 3.61. The minimum Gasteiger partial charge on any atom is -0.494 e. The number of rotatable bonds is 4. The van der Waals surface area contributed by atoms with E-state index in [1.54, 1.807) is 23.1 Å². The van der Waals surface area contributed by atoms with Crippen LogP contribution in [0.3, 0.4) is 0 Å². The third-order valence-corrected chi connectivity index (χ3v) is 4.90. The molecule has 0 saturated carbocycles. The minimum atomic E-state index is -0.391. The molecule has 2 aromatic carbocycles. The second-order valence-electron chi connectivity index (χ2n) is 5.74. The Morgan fingerprint density at radius 2 is 1.81 bits per heavy atom. The average molecular weight is 414 g/mol. The van der Waals surface area contributed by atoms with Gasteiger partial charge in [-0.15, -0.1) is 0 Å². The van der Waals surface area contributed by atoms with Crippen molar-refractivity contribution in [2.24, 2.45) is 0 Å². The molecule has 136 valence electrons. The number of halogens is 3. The van der Waals surface area contributed by atoms with Crippen molar-refractivity contribution in [3.63, 3.8) is 0 Å². The van der Waals surface area contributed by atoms with Gasteiger partial charge in [0, 0.05) is 24.2 Å². The molecule has 1 aliphatic rings. The molecular formula is C18H15Cl3N2O3. The quantitative estimate of drug-likeness (QED) is 0.764. The van der Waals surface area contributed by atoms with Gasteiger partial charge in [-0.1, -0.05) is 34.8 Å². The average Bonchev–Trinajstić information content (AvgIpc) is 3.00. The van der Waals surface area contributed by atoms with E-state index in [2.05, 4.69) is 5.32 Å². The van der Waals surface area contributed by atoms with Crippen LogP contribution in [0.4, 0.5) is 11.4 Å². The second-order valence-corrected chi connectivity index (χ2v) is 6.96. The summed E-state index contributed by atoms with van der Waals surface area (Å²) in [7, 11) is 1.45. The molecule has 8 heteroatoms. The van der Waals surface area contributed by atoms with Crippen molar-refractivity contribution in [1.82, 2.24) is 0 Å². The highest BCUT2D eigenvalue weighted by atomic mass is 35.5. The predicted octanol–water partition coefficient (Wildman–Crippen LogP) is 5.03. The monoisotopic (exact) mass is 412 g/mol. The number of carbonyl (C=O) groups excluding carboxylic acids is 2. The highest BCUT2D eigenvalue weighted by Crippen LogP contribution is 2.35. The van der Waals surface area contributed by atoms with Crippen LogP contribution in [0.15, 0.2) is 30.3 Å². The minimum absolute atomic E-state index is 0.0474. The molecule has 26 heavy (non-hydrogen) atoms. The van der Waals surface area contributed by atoms with Crippen molar-refractivity contribution < 1.29 is 14.3 Å². The van der Waals surface area contributed by atoms with Crippen LogP contribution in [-0.4, -0.2) is 25.5 Å². The first-order chi connectivity index (χ1) is 12.4. The summed E-state index contributed by atoms with van der Waals surface area (Å²) in [5.41, 5.74) is 1.43. The number of methoxy groups -OCH3 is 1. The maximum atomic E-state index is 12.4. The lowest BCUT2D eigenvalue weighted by molar-refractivity contribution is -0.117. The number of benzene rings is 2. The maximum absolute atomic E-state index is 12.4. The van der Waals surface area contributed by atoms with Gasteiger partial charge in [-0.25, -0.2) is 0 Å². The van der Waals surface area contributed by atoms with Crippen molar-refractivity contribution >= 4 is 58.0 Å². The number of amides is 2. The second kappa shape index (κ2) is 7.74. The highest BCUT2D eigenvalue weighted by molar-refractivity contribution is 6.38. The third kappa shape index (κ3) is 3.75. The number of ether oxygens (including phenoxy) is 1. The number of carbonyl (C=O) groups is 2. The molecule has 1 saturated heterocycles. The summed E-state index contributed by atoms with van der Waals surface area (Å²) in [5.74, 6) is -0.0312. The van der Waals surface area contributed by atoms with Gasteiger partial charge < -0.3 is 15.0 Å². The van der Waals surface area contributed by atoms with Gasteiger partial charge in [0.15, 0.2) is 5.75 Å². The predicted molar refractivity (Wildman–Crippen MR) is 104 cm³/mol. The zero-order chi connectivity index (χ0) is 18.8. The summed E-state index contributed by atoms with van der Waals surface area (Å²) in [6.07, 6.45) is 1.33. The molecule has 1 fully saturated rings. The van der Waals surface area contributed by atoms with E-state index in [1.807, 2.05) is 0 Å². The highest BCUT2D eigenvalue weighted by Gasteiger charge is 2.23. The van der Waals surface area contributed by atoms with E-state index in [9.17, 15) is 9.59 Å². The Morgan fingerprint density at radius 3 is 2.35 bits per heavy atom. The normalized spacial score (nSPS) is 13.8. The van der Waals surface area contributed by atoms with Crippen LogP contribution >= 0.6 is 34.8 Å². The standard InChI is InChI=1S/C18H15Cl3N2O3/c1-26-17-13(20)7-10(8-14(17)21)18(25)22-11-4-5-15(12(19)9-11)23-6-2-3-16(23)24/h4-5,7-9H,2-3,6H2,1H3,(H,22,25). The zero-order valence-corrected chi connectivity index (χ0v) is 16.1. The molecule has 0 aliphatic carbocycles. The Kier molecular flexibility index (Phi) is 5.61. The molecule has 1 heterocycles. The molecule has 0 radical (unpaired) electrons. The molecule has 1 aliphatic heterocycles. The van der Waals surface area contributed by atoms with Gasteiger partial charge >= 0.3 is 0 Å². The Labute approximate surface area is 165 Å². The van der Waals surface area contributed by atoms with E-state index in [1.165, 1.54) is 19.2 Å². The van der Waals surface area contributed by atoms with E-state index >= 15 is 0 Å². The number of hydrogen-bond acceptors (Lipinski definition) is 3. The lowest BCUT2D eigenvalue weighted by atomic mass is 10.2. The Morgan fingerprint density at radius 1 is 1.12 bits per heavy atom. The van der Waals surface area contributed by atoms with Crippen LogP contribution in [-0.2, 0) is 4.79 Å². The van der Waals surface area contributed by atoms with Crippen LogP contribution in [0, 0.1) is 0 Å². The summed E-state index contributed by atoms with van der Waals surface area (Å²) >= 11 is 18.4. The van der Waals surface area contributed by atoms with Crippen LogP contribution in [0.5, 0.6) is 5.75 Å². The van der Waals surface area contributed by atoms with Gasteiger partial charge in [0.25, 0.3) is 5.91 Å². The van der Waals surface area contributed by atoms with E-state index < -0.39 is 5.91 Å². The van der Waals surface area contributed by atoms with Gasteiger partial charge in [-0.3, -0.25) is 9.59 Å². The van der Waals surface area contributed by atoms with Gasteiger partial charge in [-0.05, 0) is 36.8 Å². The number of nitrogens with one attached hydrogen (secondary N) is 1. The van der Waals surface area contributed by atoms with Gasteiger partial charge in [0.2, 0.25) is 5.91 Å². The lowest BCUT2D eigenvalue weighted by Gasteiger charge is -2.18. The van der Waals surface area contributed by atoms with E-state index in [0.29, 0.717) is 35.1 Å². The van der Waals surface area contributed by atoms with Gasteiger partial charge in [0.1, 0.15) is 0 Å². The molecule has 0 atom stereocenters. The summed E-state index contributed by atoms with van der Waals surface area (Å²) in [4.78, 5) is 25.9. The fourth-order valence-electron chi connectivity index (χ4n) is 2.80. The Balaban J connectivity index is 1.80. The van der Waals surface area contributed by atoms with Crippen molar-refractivity contribution in [3.8, 4) is 5.75 Å². The Bertz CT molecular complexity index is 863. The van der Waals surface area contributed by atoms with Crippen LogP contribution < -0.4 is 15.0 Å². The van der Waals surface area contributed by atoms with E-state index in [4.69, 9.17) is 39.5 Å². The van der Waals surface area contributed by atoms with Gasteiger partial charge in [-0.2, -0.15) is 0 Å². The smallest absolute Gasteiger partial charge is 0.255 e. The molecule has 0 aromatic heterocycles. The third-order valence-electron chi connectivity index (χ3n) is 4.03. The maximum Gasteiger partial charge on any atom is 0.255 e. The summed E-state index contributed by atoms with van der Waals surface area (Å²) < 4.78 is 5.07. The van der Waals surface area contributed by atoms with Crippen LogP contribution in [0.25, 0.3) is 0 Å². The largest absolute Gasteiger partial charge is 0.494 e. The van der Waals surface area contributed by atoms with E-state index in [-0.39, 0.29) is 21.5 Å². The molecule has 0 spiro atoms.